The van der Waals surface area contributed by atoms with E-state index in [4.69, 9.17) is 0 Å². The van der Waals surface area contributed by atoms with Gasteiger partial charge >= 0.3 is 0 Å². The molecular formula is C24H29N3OS. The van der Waals surface area contributed by atoms with Crippen LogP contribution in [-0.4, -0.2) is 10.5 Å². The highest BCUT2D eigenvalue weighted by molar-refractivity contribution is 7.07. The summed E-state index contributed by atoms with van der Waals surface area (Å²) in [5.41, 5.74) is 6.31. The Morgan fingerprint density at radius 3 is 2.41 bits per heavy atom. The van der Waals surface area contributed by atoms with Gasteiger partial charge in [0.15, 0.2) is 0 Å². The zero-order valence-electron chi connectivity index (χ0n) is 17.1. The van der Waals surface area contributed by atoms with Crippen LogP contribution in [0.3, 0.4) is 0 Å². The first-order chi connectivity index (χ1) is 14.1. The summed E-state index contributed by atoms with van der Waals surface area (Å²) in [5, 5.41) is 6.69. The highest BCUT2D eigenvalue weighted by Crippen LogP contribution is 2.60. The van der Waals surface area contributed by atoms with Crippen LogP contribution in [0.25, 0.3) is 11.3 Å². The van der Waals surface area contributed by atoms with Gasteiger partial charge in [0.1, 0.15) is 0 Å². The van der Waals surface area contributed by atoms with Crippen molar-refractivity contribution in [3.05, 3.63) is 52.7 Å². The fraction of sp³-hybridized carbons (Fsp3) is 0.500. The van der Waals surface area contributed by atoms with Crippen LogP contribution in [-0.2, 0) is 11.3 Å². The predicted molar refractivity (Wildman–Crippen MR) is 117 cm³/mol. The van der Waals surface area contributed by atoms with Gasteiger partial charge in [-0.15, -0.1) is 23.0 Å². The van der Waals surface area contributed by atoms with Crippen molar-refractivity contribution in [2.45, 2.75) is 52.0 Å². The lowest BCUT2D eigenvalue weighted by Gasteiger charge is -2.55. The molecule has 29 heavy (non-hydrogen) atoms. The summed E-state index contributed by atoms with van der Waals surface area (Å²) >= 11 is 1.57. The molecule has 4 nitrogen and oxygen atoms in total. The molecule has 0 radical (unpaired) electrons. The topological polar surface area (TPSA) is 46.4 Å². The number of hydrogen-bond donors (Lipinski definition) is 1. The predicted octanol–water partition coefficient (Wildman–Crippen LogP) is 4.86. The van der Waals surface area contributed by atoms with Crippen LogP contribution in [0.2, 0.25) is 0 Å². The van der Waals surface area contributed by atoms with Crippen molar-refractivity contribution in [1.82, 2.24) is 9.99 Å². The first-order valence-corrected chi connectivity index (χ1v) is 11.6. The fourth-order valence-corrected chi connectivity index (χ4v) is 7.16. The van der Waals surface area contributed by atoms with Gasteiger partial charge in [0.2, 0.25) is 10.7 Å². The van der Waals surface area contributed by atoms with Crippen molar-refractivity contribution >= 4 is 17.2 Å². The normalized spacial score (nSPS) is 30.5. The van der Waals surface area contributed by atoms with Gasteiger partial charge in [-0.3, -0.25) is 4.79 Å². The van der Waals surface area contributed by atoms with Crippen LogP contribution in [0.5, 0.6) is 0 Å². The Hall–Kier alpha value is -2.14. The molecule has 152 valence electrons. The van der Waals surface area contributed by atoms with Crippen molar-refractivity contribution in [2.24, 2.45) is 28.3 Å². The zero-order valence-corrected chi connectivity index (χ0v) is 17.9. The number of nitrogens with one attached hydrogen (secondary N) is 1. The summed E-state index contributed by atoms with van der Waals surface area (Å²) in [6.45, 7) is 6.66. The van der Waals surface area contributed by atoms with Crippen molar-refractivity contribution in [2.75, 3.05) is 0 Å². The molecule has 0 spiro atoms. The summed E-state index contributed by atoms with van der Waals surface area (Å²) in [6, 6.07) is 8.51. The molecule has 5 heteroatoms. The number of benzene rings is 1. The number of thiazole rings is 1. The van der Waals surface area contributed by atoms with Crippen molar-refractivity contribution in [3.63, 3.8) is 0 Å². The Morgan fingerprint density at radius 1 is 1.21 bits per heavy atom. The lowest BCUT2D eigenvalue weighted by atomic mass is 9.49. The highest BCUT2D eigenvalue weighted by atomic mass is 32.1. The molecule has 6 rings (SSSR count). The number of aromatic nitrogens is 1. The Labute approximate surface area is 176 Å². The van der Waals surface area contributed by atoms with Gasteiger partial charge < -0.3 is 4.57 Å². The Kier molecular flexibility index (Phi) is 4.73. The molecule has 4 saturated carbocycles. The van der Waals surface area contributed by atoms with E-state index in [-0.39, 0.29) is 11.3 Å². The number of allylic oxidation sites excluding steroid dienone is 1. The van der Waals surface area contributed by atoms with E-state index in [0.29, 0.717) is 6.54 Å². The third-order valence-corrected chi connectivity index (χ3v) is 8.09. The van der Waals surface area contributed by atoms with Crippen molar-refractivity contribution in [3.8, 4) is 11.3 Å². The maximum absolute atomic E-state index is 13.2. The smallest absolute Gasteiger partial charge is 0.246 e. The molecule has 1 amide bonds. The van der Waals surface area contributed by atoms with E-state index in [2.05, 4.69) is 58.2 Å². The summed E-state index contributed by atoms with van der Waals surface area (Å²) < 4.78 is 2.13. The highest BCUT2D eigenvalue weighted by Gasteiger charge is 2.54. The van der Waals surface area contributed by atoms with Gasteiger partial charge in [0.25, 0.3) is 0 Å². The first kappa shape index (κ1) is 18.9. The first-order valence-electron chi connectivity index (χ1n) is 10.8. The van der Waals surface area contributed by atoms with Gasteiger partial charge in [-0.2, -0.15) is 0 Å². The third-order valence-electron chi connectivity index (χ3n) is 7.23. The van der Waals surface area contributed by atoms with Crippen LogP contribution < -0.4 is 10.2 Å². The number of nitrogens with zero attached hydrogens (tertiary/aromatic N) is 2. The number of amides is 1. The summed E-state index contributed by atoms with van der Waals surface area (Å²) in [5.74, 6) is 2.42. The average molecular weight is 408 g/mol. The molecule has 0 saturated heterocycles. The SMILES string of the molecule is C=CCn1c(-c2ccc(C)cc2)csc1=NNC(=O)C12CC3CC(CC(C3)C1)C2. The Morgan fingerprint density at radius 2 is 1.83 bits per heavy atom. The minimum Gasteiger partial charge on any atom is -0.311 e. The zero-order chi connectivity index (χ0) is 20.0. The van der Waals surface area contributed by atoms with Crippen molar-refractivity contribution < 1.29 is 4.79 Å². The fourth-order valence-electron chi connectivity index (χ4n) is 6.29. The third kappa shape index (κ3) is 3.39. The number of carbonyl (C=O) groups excluding carboxylic acids is 1. The van der Waals surface area contributed by atoms with E-state index >= 15 is 0 Å². The van der Waals surface area contributed by atoms with Gasteiger partial charge in [0, 0.05) is 11.9 Å². The van der Waals surface area contributed by atoms with Crippen LogP contribution in [0, 0.1) is 30.1 Å². The maximum Gasteiger partial charge on any atom is 0.246 e. The maximum atomic E-state index is 13.2. The van der Waals surface area contributed by atoms with E-state index in [1.807, 2.05) is 6.08 Å². The van der Waals surface area contributed by atoms with Crippen molar-refractivity contribution in [1.29, 1.82) is 0 Å². The molecule has 4 aliphatic carbocycles. The Balaban J connectivity index is 1.41. The lowest BCUT2D eigenvalue weighted by Crippen LogP contribution is -2.53. The van der Waals surface area contributed by atoms with E-state index in [1.54, 1.807) is 11.3 Å². The second-order valence-corrected chi connectivity index (χ2v) is 10.3. The molecule has 4 aliphatic rings. The van der Waals surface area contributed by atoms with Gasteiger partial charge in [-0.1, -0.05) is 35.9 Å². The van der Waals surface area contributed by atoms with E-state index in [9.17, 15) is 4.79 Å². The van der Waals surface area contributed by atoms with Crippen LogP contribution in [0.4, 0.5) is 0 Å². The number of carbonyl (C=O) groups is 1. The molecular weight excluding hydrogens is 378 g/mol. The summed E-state index contributed by atoms with van der Waals surface area (Å²) in [7, 11) is 0. The Bertz CT molecular complexity index is 963. The van der Waals surface area contributed by atoms with Crippen LogP contribution in [0.15, 0.2) is 47.4 Å². The van der Waals surface area contributed by atoms with Crippen LogP contribution >= 0.6 is 11.3 Å². The second-order valence-electron chi connectivity index (χ2n) is 9.42. The molecule has 2 aromatic rings. The average Bonchev–Trinajstić information content (AvgIpc) is 3.08. The van der Waals surface area contributed by atoms with E-state index in [0.717, 1.165) is 53.1 Å². The van der Waals surface area contributed by atoms with E-state index < -0.39 is 0 Å². The monoisotopic (exact) mass is 407 g/mol. The summed E-state index contributed by atoms with van der Waals surface area (Å²) in [4.78, 5) is 14.0. The molecule has 1 aromatic carbocycles. The second kappa shape index (κ2) is 7.28. The van der Waals surface area contributed by atoms with E-state index in [1.165, 1.54) is 24.8 Å². The molecule has 0 aliphatic heterocycles. The van der Waals surface area contributed by atoms with Gasteiger partial charge in [-0.05, 0) is 68.8 Å². The summed E-state index contributed by atoms with van der Waals surface area (Å²) in [6.07, 6.45) is 9.09. The molecule has 0 unspecified atom stereocenters. The molecule has 1 heterocycles. The van der Waals surface area contributed by atoms with Crippen LogP contribution in [0.1, 0.15) is 44.1 Å². The largest absolute Gasteiger partial charge is 0.311 e. The lowest BCUT2D eigenvalue weighted by molar-refractivity contribution is -0.146. The molecule has 0 atom stereocenters. The molecule has 4 fully saturated rings. The quantitative estimate of drug-likeness (QED) is 0.558. The minimum absolute atomic E-state index is 0.145. The number of rotatable bonds is 5. The minimum atomic E-state index is -0.168. The van der Waals surface area contributed by atoms with Gasteiger partial charge in [-0.25, -0.2) is 5.43 Å². The van der Waals surface area contributed by atoms with Gasteiger partial charge in [0.05, 0.1) is 11.1 Å². The molecule has 4 bridgehead atoms. The molecule has 1 aromatic heterocycles. The number of aryl methyl sites for hydroxylation is 1. The number of hydrogen-bond acceptors (Lipinski definition) is 3. The molecule has 1 N–H and O–H groups in total. The standard InChI is InChI=1S/C24H29N3OS/c1-3-8-27-21(20-6-4-16(2)5-7-20)15-29-23(27)26-25-22(28)24-12-17-9-18(13-24)11-19(10-17)14-24/h3-7,15,17-19H,1,8-14H2,2H3,(H,25,28).